The van der Waals surface area contributed by atoms with Gasteiger partial charge in [-0.05, 0) is 44.6 Å². The topological polar surface area (TPSA) is 105 Å². The van der Waals surface area contributed by atoms with Crippen LogP contribution < -0.4 is 15.5 Å². The number of nitrogens with zero attached hydrogens (tertiary/aromatic N) is 5. The van der Waals surface area contributed by atoms with E-state index in [0.717, 1.165) is 67.8 Å². The fourth-order valence-electron chi connectivity index (χ4n) is 5.19. The Morgan fingerprint density at radius 2 is 2.03 bits per heavy atom. The van der Waals surface area contributed by atoms with Crippen molar-refractivity contribution in [3.8, 4) is 0 Å². The van der Waals surface area contributed by atoms with Crippen molar-refractivity contribution in [1.82, 2.24) is 30.2 Å². The summed E-state index contributed by atoms with van der Waals surface area (Å²) in [5, 5.41) is 10.4. The summed E-state index contributed by atoms with van der Waals surface area (Å²) in [6, 6.07) is 7.53. The van der Waals surface area contributed by atoms with Crippen molar-refractivity contribution in [2.75, 3.05) is 18.0 Å². The van der Waals surface area contributed by atoms with E-state index in [4.69, 9.17) is 0 Å². The molecule has 2 aromatic heterocycles. The lowest BCUT2D eigenvalue weighted by Gasteiger charge is -2.35. The monoisotopic (exact) mass is 461 g/mol. The molecule has 0 unspecified atom stereocenters. The SMILES string of the molecule is CC(=O)N[C@H](Cc1cccc(C)c1)C(=O)NC1CCN(c2c3c(nc4ncnn24)CCC3)CC1. The molecule has 0 radical (unpaired) electrons. The van der Waals surface area contributed by atoms with Crippen LogP contribution in [0, 0.1) is 6.92 Å². The van der Waals surface area contributed by atoms with Gasteiger partial charge in [0.2, 0.25) is 11.8 Å². The summed E-state index contributed by atoms with van der Waals surface area (Å²) in [6.45, 7) is 5.11. The quantitative estimate of drug-likeness (QED) is 0.580. The van der Waals surface area contributed by atoms with Crippen LogP contribution in [-0.2, 0) is 28.9 Å². The van der Waals surface area contributed by atoms with E-state index in [2.05, 4.69) is 36.7 Å². The first-order valence-corrected chi connectivity index (χ1v) is 12.1. The van der Waals surface area contributed by atoms with E-state index in [1.165, 1.54) is 12.5 Å². The summed E-state index contributed by atoms with van der Waals surface area (Å²) in [6.07, 6.45) is 6.81. The lowest BCUT2D eigenvalue weighted by molar-refractivity contribution is -0.128. The molecule has 9 nitrogen and oxygen atoms in total. The molecule has 1 aromatic carbocycles. The van der Waals surface area contributed by atoms with Gasteiger partial charge in [-0.1, -0.05) is 29.8 Å². The third-order valence-corrected chi connectivity index (χ3v) is 6.78. The molecule has 1 aliphatic heterocycles. The van der Waals surface area contributed by atoms with Gasteiger partial charge >= 0.3 is 0 Å². The van der Waals surface area contributed by atoms with Crippen molar-refractivity contribution < 1.29 is 9.59 Å². The van der Waals surface area contributed by atoms with Crippen LogP contribution in [0.2, 0.25) is 0 Å². The highest BCUT2D eigenvalue weighted by molar-refractivity contribution is 5.87. The Bertz CT molecular complexity index is 1210. The zero-order valence-electron chi connectivity index (χ0n) is 19.8. The standard InChI is InChI=1S/C25H31N7O2/c1-16-5-3-6-18(13-16)14-22(28-17(2)33)23(34)29-19-9-11-31(12-10-19)24-20-7-4-8-21(20)30-25-26-15-27-32(24)25/h3,5-6,13,15,19,22H,4,7-12,14H2,1-2H3,(H,28,33)(H,29,34)/t22-/m1/s1. The number of nitrogens with one attached hydrogen (secondary N) is 2. The van der Waals surface area contributed by atoms with Gasteiger partial charge in [0.15, 0.2) is 0 Å². The van der Waals surface area contributed by atoms with Crippen LogP contribution in [0.25, 0.3) is 5.78 Å². The lowest BCUT2D eigenvalue weighted by Crippen LogP contribution is -2.52. The molecule has 1 atom stereocenters. The summed E-state index contributed by atoms with van der Waals surface area (Å²) < 4.78 is 1.86. The molecule has 3 aromatic rings. The number of rotatable bonds is 6. The fourth-order valence-corrected chi connectivity index (χ4v) is 5.19. The van der Waals surface area contributed by atoms with Gasteiger partial charge in [0.05, 0.1) is 5.69 Å². The number of piperidine rings is 1. The summed E-state index contributed by atoms with van der Waals surface area (Å²) in [7, 11) is 0. The molecule has 2 aliphatic rings. The molecule has 34 heavy (non-hydrogen) atoms. The Labute approximate surface area is 199 Å². The Morgan fingerprint density at radius 1 is 1.21 bits per heavy atom. The molecule has 5 rings (SSSR count). The number of carbonyl (C=O) groups is 2. The third kappa shape index (κ3) is 4.60. The van der Waals surface area contributed by atoms with E-state index in [1.54, 1.807) is 6.33 Å². The predicted molar refractivity (Wildman–Crippen MR) is 129 cm³/mol. The van der Waals surface area contributed by atoms with Gasteiger partial charge in [0, 0.05) is 38.0 Å². The van der Waals surface area contributed by atoms with Gasteiger partial charge in [0.1, 0.15) is 18.2 Å². The number of amides is 2. The first kappa shape index (κ1) is 22.3. The maximum atomic E-state index is 13.1. The van der Waals surface area contributed by atoms with Crippen molar-refractivity contribution >= 4 is 23.4 Å². The number of carbonyl (C=O) groups excluding carboxylic acids is 2. The van der Waals surface area contributed by atoms with Crippen LogP contribution >= 0.6 is 0 Å². The maximum absolute atomic E-state index is 13.1. The number of anilines is 1. The van der Waals surface area contributed by atoms with E-state index in [0.29, 0.717) is 12.2 Å². The fraction of sp³-hybridized carbons (Fsp3) is 0.480. The second kappa shape index (κ2) is 9.40. The van der Waals surface area contributed by atoms with Crippen LogP contribution in [0.3, 0.4) is 0 Å². The maximum Gasteiger partial charge on any atom is 0.254 e. The van der Waals surface area contributed by atoms with Crippen LogP contribution in [0.1, 0.15) is 48.6 Å². The summed E-state index contributed by atoms with van der Waals surface area (Å²) >= 11 is 0. The average molecular weight is 462 g/mol. The summed E-state index contributed by atoms with van der Waals surface area (Å²) in [5.41, 5.74) is 4.59. The highest BCUT2D eigenvalue weighted by Crippen LogP contribution is 2.32. The molecular weight excluding hydrogens is 430 g/mol. The van der Waals surface area contributed by atoms with E-state index in [-0.39, 0.29) is 17.9 Å². The van der Waals surface area contributed by atoms with Crippen molar-refractivity contribution in [3.05, 3.63) is 53.0 Å². The molecule has 1 saturated heterocycles. The minimum absolute atomic E-state index is 0.0682. The smallest absolute Gasteiger partial charge is 0.254 e. The van der Waals surface area contributed by atoms with Gasteiger partial charge < -0.3 is 15.5 Å². The van der Waals surface area contributed by atoms with Crippen molar-refractivity contribution in [3.63, 3.8) is 0 Å². The zero-order chi connectivity index (χ0) is 23.7. The van der Waals surface area contributed by atoms with Gasteiger partial charge in [-0.25, -0.2) is 4.98 Å². The van der Waals surface area contributed by atoms with E-state index in [1.807, 2.05) is 29.6 Å². The molecule has 178 valence electrons. The molecule has 0 saturated carbocycles. The molecular formula is C25H31N7O2. The number of fused-ring (bicyclic) bond motifs is 2. The van der Waals surface area contributed by atoms with Crippen molar-refractivity contribution in [2.24, 2.45) is 0 Å². The minimum Gasteiger partial charge on any atom is -0.356 e. The predicted octanol–water partition coefficient (Wildman–Crippen LogP) is 1.75. The van der Waals surface area contributed by atoms with Crippen LogP contribution in [-0.4, -0.2) is 56.6 Å². The summed E-state index contributed by atoms with van der Waals surface area (Å²) in [5.74, 6) is 1.43. The van der Waals surface area contributed by atoms with E-state index >= 15 is 0 Å². The second-order valence-corrected chi connectivity index (χ2v) is 9.40. The molecule has 2 amide bonds. The molecule has 0 spiro atoms. The van der Waals surface area contributed by atoms with Gasteiger partial charge in [-0.2, -0.15) is 14.6 Å². The Morgan fingerprint density at radius 3 is 2.79 bits per heavy atom. The highest BCUT2D eigenvalue weighted by atomic mass is 16.2. The second-order valence-electron chi connectivity index (χ2n) is 9.40. The highest BCUT2D eigenvalue weighted by Gasteiger charge is 2.29. The number of aryl methyl sites for hydroxylation is 2. The Kier molecular flexibility index (Phi) is 6.17. The largest absolute Gasteiger partial charge is 0.356 e. The number of aromatic nitrogens is 4. The number of hydrogen-bond acceptors (Lipinski definition) is 6. The average Bonchev–Trinajstić information content (AvgIpc) is 3.46. The minimum atomic E-state index is -0.587. The molecule has 3 heterocycles. The molecule has 1 fully saturated rings. The Balaban J connectivity index is 1.25. The first-order chi connectivity index (χ1) is 16.5. The van der Waals surface area contributed by atoms with Crippen molar-refractivity contribution in [2.45, 2.75) is 64.5 Å². The molecule has 2 N–H and O–H groups in total. The van der Waals surface area contributed by atoms with Crippen LogP contribution in [0.15, 0.2) is 30.6 Å². The van der Waals surface area contributed by atoms with E-state index < -0.39 is 6.04 Å². The Hall–Kier alpha value is -3.49. The number of benzene rings is 1. The third-order valence-electron chi connectivity index (χ3n) is 6.78. The van der Waals surface area contributed by atoms with Crippen molar-refractivity contribution in [1.29, 1.82) is 0 Å². The van der Waals surface area contributed by atoms with Gasteiger partial charge in [-0.3, -0.25) is 9.59 Å². The summed E-state index contributed by atoms with van der Waals surface area (Å²) in [4.78, 5) is 36.2. The molecule has 9 heteroatoms. The van der Waals surface area contributed by atoms with Crippen LogP contribution in [0.5, 0.6) is 0 Å². The molecule has 1 aliphatic carbocycles. The lowest BCUT2D eigenvalue weighted by atomic mass is 10.0. The number of hydrogen-bond donors (Lipinski definition) is 2. The molecule has 0 bridgehead atoms. The van der Waals surface area contributed by atoms with Gasteiger partial charge in [-0.15, -0.1) is 0 Å². The van der Waals surface area contributed by atoms with Gasteiger partial charge in [0.25, 0.3) is 5.78 Å². The van der Waals surface area contributed by atoms with E-state index in [9.17, 15) is 9.59 Å². The normalized spacial score (nSPS) is 16.9. The van der Waals surface area contributed by atoms with Crippen LogP contribution in [0.4, 0.5) is 5.82 Å². The first-order valence-electron chi connectivity index (χ1n) is 12.1. The zero-order valence-corrected chi connectivity index (χ0v) is 19.8.